The Kier molecular flexibility index (Phi) is 4.32. The number of ether oxygens (including phenoxy) is 1. The third-order valence-electron chi connectivity index (χ3n) is 2.88. The molecule has 0 aliphatic heterocycles. The fourth-order valence-electron chi connectivity index (χ4n) is 1.76. The summed E-state index contributed by atoms with van der Waals surface area (Å²) in [5, 5.41) is 3.08. The molecule has 1 N–H and O–H groups in total. The van der Waals surface area contributed by atoms with Crippen molar-refractivity contribution < 1.29 is 22.4 Å². The highest BCUT2D eigenvalue weighted by atomic mass is 32.2. The van der Waals surface area contributed by atoms with E-state index in [4.69, 9.17) is 4.42 Å². The predicted molar refractivity (Wildman–Crippen MR) is 76.9 cm³/mol. The standard InChI is InChI=1S/C14H15NO5S/c1-19-14(16)13-10(7-8-20-13)9-15-11-3-5-12(6-4-11)21(2,17)18/h3-8,15H,9H2,1-2H3. The van der Waals surface area contributed by atoms with Crippen molar-refractivity contribution in [3.05, 3.63) is 47.9 Å². The van der Waals surface area contributed by atoms with Gasteiger partial charge in [-0.15, -0.1) is 0 Å². The van der Waals surface area contributed by atoms with E-state index in [-0.39, 0.29) is 10.7 Å². The molecule has 2 rings (SSSR count). The van der Waals surface area contributed by atoms with Crippen molar-refractivity contribution in [2.45, 2.75) is 11.4 Å². The van der Waals surface area contributed by atoms with Crippen molar-refractivity contribution in [2.75, 3.05) is 18.7 Å². The number of furan rings is 1. The zero-order valence-corrected chi connectivity index (χ0v) is 12.4. The third kappa shape index (κ3) is 3.63. The Hall–Kier alpha value is -2.28. The van der Waals surface area contributed by atoms with Crippen molar-refractivity contribution in [2.24, 2.45) is 0 Å². The van der Waals surface area contributed by atoms with E-state index in [0.29, 0.717) is 12.1 Å². The van der Waals surface area contributed by atoms with E-state index >= 15 is 0 Å². The van der Waals surface area contributed by atoms with Gasteiger partial charge in [0.1, 0.15) is 0 Å². The number of nitrogens with one attached hydrogen (secondary N) is 1. The summed E-state index contributed by atoms with van der Waals surface area (Å²) in [5.74, 6) is -0.387. The van der Waals surface area contributed by atoms with Gasteiger partial charge in [-0.2, -0.15) is 0 Å². The quantitative estimate of drug-likeness (QED) is 0.851. The molecule has 0 aliphatic carbocycles. The van der Waals surface area contributed by atoms with Gasteiger partial charge < -0.3 is 14.5 Å². The average molecular weight is 309 g/mol. The second-order valence-electron chi connectivity index (χ2n) is 4.42. The highest BCUT2D eigenvalue weighted by Crippen LogP contribution is 2.17. The predicted octanol–water partition coefficient (Wildman–Crippen LogP) is 2.08. The van der Waals surface area contributed by atoms with Gasteiger partial charge in [0, 0.05) is 24.1 Å². The number of carbonyl (C=O) groups excluding carboxylic acids is 1. The average Bonchev–Trinajstić information content (AvgIpc) is 2.92. The summed E-state index contributed by atoms with van der Waals surface area (Å²) in [6.07, 6.45) is 2.57. The van der Waals surface area contributed by atoms with Crippen LogP contribution in [-0.2, 0) is 21.1 Å². The minimum Gasteiger partial charge on any atom is -0.463 e. The number of carbonyl (C=O) groups is 1. The maximum atomic E-state index is 11.5. The molecule has 6 nitrogen and oxygen atoms in total. The number of sulfone groups is 1. The van der Waals surface area contributed by atoms with Gasteiger partial charge in [0.2, 0.25) is 5.76 Å². The number of rotatable bonds is 5. The lowest BCUT2D eigenvalue weighted by atomic mass is 10.2. The molecule has 0 radical (unpaired) electrons. The zero-order chi connectivity index (χ0) is 15.5. The molecule has 0 amide bonds. The van der Waals surface area contributed by atoms with Gasteiger partial charge in [0.15, 0.2) is 9.84 Å². The topological polar surface area (TPSA) is 85.6 Å². The Morgan fingerprint density at radius 3 is 2.48 bits per heavy atom. The molecule has 112 valence electrons. The number of benzene rings is 1. The summed E-state index contributed by atoms with van der Waals surface area (Å²) in [7, 11) is -1.92. The Morgan fingerprint density at radius 1 is 1.24 bits per heavy atom. The maximum absolute atomic E-state index is 11.5. The van der Waals surface area contributed by atoms with Gasteiger partial charge in [-0.3, -0.25) is 0 Å². The van der Waals surface area contributed by atoms with E-state index in [1.165, 1.54) is 25.5 Å². The SMILES string of the molecule is COC(=O)c1occc1CNc1ccc(S(C)(=O)=O)cc1. The minimum atomic E-state index is -3.20. The number of methoxy groups -OCH3 is 1. The minimum absolute atomic E-state index is 0.151. The van der Waals surface area contributed by atoms with E-state index in [0.717, 1.165) is 11.9 Å². The van der Waals surface area contributed by atoms with Crippen LogP contribution in [0.1, 0.15) is 16.1 Å². The van der Waals surface area contributed by atoms with Crippen LogP contribution >= 0.6 is 0 Å². The molecule has 0 unspecified atom stereocenters. The van der Waals surface area contributed by atoms with Crippen LogP contribution in [-0.4, -0.2) is 27.8 Å². The molecule has 0 saturated heterocycles. The largest absolute Gasteiger partial charge is 0.463 e. The van der Waals surface area contributed by atoms with Crippen molar-refractivity contribution in [3.63, 3.8) is 0 Å². The van der Waals surface area contributed by atoms with Crippen LogP contribution in [0, 0.1) is 0 Å². The lowest BCUT2D eigenvalue weighted by Gasteiger charge is -2.07. The molecule has 1 aromatic carbocycles. The number of esters is 1. The molecule has 7 heteroatoms. The lowest BCUT2D eigenvalue weighted by Crippen LogP contribution is -2.07. The van der Waals surface area contributed by atoms with Gasteiger partial charge in [0.05, 0.1) is 18.3 Å². The molecule has 0 aliphatic rings. The van der Waals surface area contributed by atoms with Crippen LogP contribution < -0.4 is 5.32 Å². The third-order valence-corrected chi connectivity index (χ3v) is 4.01. The van der Waals surface area contributed by atoms with E-state index in [2.05, 4.69) is 10.1 Å². The molecule has 0 fully saturated rings. The van der Waals surface area contributed by atoms with Crippen LogP contribution in [0.15, 0.2) is 45.9 Å². The maximum Gasteiger partial charge on any atom is 0.374 e. The van der Waals surface area contributed by atoms with Crippen LogP contribution in [0.25, 0.3) is 0 Å². The molecule has 0 bridgehead atoms. The summed E-state index contributed by atoms with van der Waals surface area (Å²) < 4.78 is 32.4. The van der Waals surface area contributed by atoms with Crippen LogP contribution in [0.4, 0.5) is 5.69 Å². The van der Waals surface area contributed by atoms with E-state index < -0.39 is 15.8 Å². The molecule has 1 aromatic heterocycles. The molecule has 1 heterocycles. The molecular weight excluding hydrogens is 294 g/mol. The summed E-state index contributed by atoms with van der Waals surface area (Å²) >= 11 is 0. The first-order valence-electron chi connectivity index (χ1n) is 6.10. The first kappa shape index (κ1) is 15.1. The number of hydrogen-bond acceptors (Lipinski definition) is 6. The van der Waals surface area contributed by atoms with E-state index in [1.807, 2.05) is 0 Å². The second kappa shape index (κ2) is 6.01. The molecule has 2 aromatic rings. The number of hydrogen-bond donors (Lipinski definition) is 1. The van der Waals surface area contributed by atoms with Crippen LogP contribution in [0.2, 0.25) is 0 Å². The van der Waals surface area contributed by atoms with E-state index in [1.54, 1.807) is 18.2 Å². The van der Waals surface area contributed by atoms with Gasteiger partial charge in [-0.05, 0) is 30.3 Å². The molecule has 21 heavy (non-hydrogen) atoms. The molecule has 0 atom stereocenters. The Labute approximate surface area is 122 Å². The van der Waals surface area contributed by atoms with Gasteiger partial charge in [-0.1, -0.05) is 0 Å². The lowest BCUT2D eigenvalue weighted by molar-refractivity contribution is 0.0563. The van der Waals surface area contributed by atoms with Crippen molar-refractivity contribution >= 4 is 21.5 Å². The van der Waals surface area contributed by atoms with Crippen LogP contribution in [0.3, 0.4) is 0 Å². The molecule has 0 saturated carbocycles. The van der Waals surface area contributed by atoms with Crippen LogP contribution in [0.5, 0.6) is 0 Å². The number of anilines is 1. The fraction of sp³-hybridized carbons (Fsp3) is 0.214. The Morgan fingerprint density at radius 2 is 1.90 bits per heavy atom. The normalized spacial score (nSPS) is 11.1. The summed E-state index contributed by atoms with van der Waals surface area (Å²) in [6.45, 7) is 0.360. The Balaban J connectivity index is 2.07. The summed E-state index contributed by atoms with van der Waals surface area (Å²) in [5.41, 5.74) is 1.40. The van der Waals surface area contributed by atoms with Gasteiger partial charge in [-0.25, -0.2) is 13.2 Å². The van der Waals surface area contributed by atoms with Crippen molar-refractivity contribution in [1.29, 1.82) is 0 Å². The highest BCUT2D eigenvalue weighted by Gasteiger charge is 2.15. The molecule has 0 spiro atoms. The first-order valence-corrected chi connectivity index (χ1v) is 7.99. The van der Waals surface area contributed by atoms with Gasteiger partial charge in [0.25, 0.3) is 0 Å². The monoisotopic (exact) mass is 309 g/mol. The second-order valence-corrected chi connectivity index (χ2v) is 6.43. The zero-order valence-electron chi connectivity index (χ0n) is 11.6. The summed E-state index contributed by atoms with van der Waals surface area (Å²) in [4.78, 5) is 11.7. The Bertz CT molecular complexity index is 731. The molecular formula is C14H15NO5S. The van der Waals surface area contributed by atoms with Gasteiger partial charge >= 0.3 is 5.97 Å². The van der Waals surface area contributed by atoms with Crippen molar-refractivity contribution in [1.82, 2.24) is 0 Å². The highest BCUT2D eigenvalue weighted by molar-refractivity contribution is 7.90. The van der Waals surface area contributed by atoms with Crippen molar-refractivity contribution in [3.8, 4) is 0 Å². The first-order chi connectivity index (χ1) is 9.91. The van der Waals surface area contributed by atoms with E-state index in [9.17, 15) is 13.2 Å². The smallest absolute Gasteiger partial charge is 0.374 e. The fourth-order valence-corrected chi connectivity index (χ4v) is 2.39. The summed E-state index contributed by atoms with van der Waals surface area (Å²) in [6, 6.07) is 8.04.